The Kier molecular flexibility index (Phi) is 6.80. The molecule has 5 heteroatoms. The first kappa shape index (κ1) is 15.9. The highest BCUT2D eigenvalue weighted by Crippen LogP contribution is 2.05. The van der Waals surface area contributed by atoms with Gasteiger partial charge in [0.15, 0.2) is 0 Å². The van der Waals surface area contributed by atoms with Crippen molar-refractivity contribution in [1.29, 1.82) is 0 Å². The minimum Gasteiger partial charge on any atom is -0.357 e. The van der Waals surface area contributed by atoms with Crippen molar-refractivity contribution in [3.63, 3.8) is 0 Å². The average Bonchev–Trinajstić information content (AvgIpc) is 2.24. The predicted octanol–water partition coefficient (Wildman–Crippen LogP) is 0.117. The number of hydrogen-bond donors (Lipinski definition) is 3. The summed E-state index contributed by atoms with van der Waals surface area (Å²) in [6.07, 6.45) is 0. The maximum Gasteiger partial charge on any atom is 0.242 e. The first-order valence-electron chi connectivity index (χ1n) is 6.04. The second-order valence-corrected chi connectivity index (χ2v) is 4.85. The van der Waals surface area contributed by atoms with E-state index in [-0.39, 0.29) is 29.7 Å². The topological polar surface area (TPSA) is 70.2 Å². The molecule has 0 unspecified atom stereocenters. The molecule has 100 valence electrons. The Morgan fingerprint density at radius 3 is 1.59 bits per heavy atom. The highest BCUT2D eigenvalue weighted by molar-refractivity contribution is 5.89. The van der Waals surface area contributed by atoms with Gasteiger partial charge in [-0.05, 0) is 18.9 Å². The first-order chi connectivity index (χ1) is 7.84. The van der Waals surface area contributed by atoms with Crippen molar-refractivity contribution in [3.8, 4) is 0 Å². The van der Waals surface area contributed by atoms with Gasteiger partial charge in [-0.25, -0.2) is 0 Å². The lowest BCUT2D eigenvalue weighted by molar-refractivity contribution is -0.131. The van der Waals surface area contributed by atoms with Gasteiger partial charge in [0.25, 0.3) is 0 Å². The lowest BCUT2D eigenvalue weighted by Gasteiger charge is -2.25. The summed E-state index contributed by atoms with van der Waals surface area (Å²) in [5.74, 6) is -0.0576. The summed E-state index contributed by atoms with van der Waals surface area (Å²) < 4.78 is 0. The van der Waals surface area contributed by atoms with Crippen LogP contribution in [0.3, 0.4) is 0 Å². The van der Waals surface area contributed by atoms with Crippen molar-refractivity contribution in [2.75, 3.05) is 14.1 Å². The molecule has 0 aliphatic carbocycles. The van der Waals surface area contributed by atoms with Crippen molar-refractivity contribution in [1.82, 2.24) is 16.0 Å². The van der Waals surface area contributed by atoms with Gasteiger partial charge in [-0.1, -0.05) is 27.7 Å². The van der Waals surface area contributed by atoms with Gasteiger partial charge in [0.05, 0.1) is 6.04 Å². The molecule has 0 aromatic carbocycles. The van der Waals surface area contributed by atoms with Crippen LogP contribution >= 0.6 is 0 Å². The molecule has 0 fully saturated rings. The van der Waals surface area contributed by atoms with Gasteiger partial charge in [0, 0.05) is 7.05 Å². The van der Waals surface area contributed by atoms with Gasteiger partial charge in [-0.15, -0.1) is 0 Å². The third-order valence-corrected chi connectivity index (χ3v) is 2.75. The van der Waals surface area contributed by atoms with Crippen LogP contribution in [0.1, 0.15) is 27.7 Å². The van der Waals surface area contributed by atoms with Gasteiger partial charge < -0.3 is 16.0 Å². The molecule has 0 saturated carbocycles. The lowest BCUT2D eigenvalue weighted by Crippen LogP contribution is -2.55. The molecule has 0 radical (unpaired) electrons. The van der Waals surface area contributed by atoms with Crippen LogP contribution in [0.25, 0.3) is 0 Å². The number of rotatable bonds is 6. The van der Waals surface area contributed by atoms with E-state index in [9.17, 15) is 9.59 Å². The molecule has 2 atom stereocenters. The zero-order chi connectivity index (χ0) is 13.6. The smallest absolute Gasteiger partial charge is 0.242 e. The van der Waals surface area contributed by atoms with Crippen LogP contribution in [0.5, 0.6) is 0 Å². The number of amides is 2. The van der Waals surface area contributed by atoms with Crippen LogP contribution in [0, 0.1) is 11.8 Å². The van der Waals surface area contributed by atoms with Crippen LogP contribution in [0.2, 0.25) is 0 Å². The van der Waals surface area contributed by atoms with Gasteiger partial charge in [-0.2, -0.15) is 0 Å². The SMILES string of the molecule is CNC(=O)[C@@H](NC(=O)[C@@H](NC)C(C)C)C(C)C. The van der Waals surface area contributed by atoms with Crippen LogP contribution in [0.4, 0.5) is 0 Å². The summed E-state index contributed by atoms with van der Waals surface area (Å²) in [4.78, 5) is 23.6. The summed E-state index contributed by atoms with van der Waals surface area (Å²) >= 11 is 0. The summed E-state index contributed by atoms with van der Waals surface area (Å²) in [7, 11) is 3.32. The summed E-state index contributed by atoms with van der Waals surface area (Å²) in [6.45, 7) is 7.74. The molecule has 3 N–H and O–H groups in total. The van der Waals surface area contributed by atoms with Crippen LogP contribution in [-0.2, 0) is 9.59 Å². The van der Waals surface area contributed by atoms with Crippen molar-refractivity contribution in [2.45, 2.75) is 39.8 Å². The Balaban J connectivity index is 4.65. The number of hydrogen-bond acceptors (Lipinski definition) is 3. The fourth-order valence-corrected chi connectivity index (χ4v) is 1.70. The van der Waals surface area contributed by atoms with Crippen molar-refractivity contribution in [3.05, 3.63) is 0 Å². The van der Waals surface area contributed by atoms with Gasteiger partial charge >= 0.3 is 0 Å². The zero-order valence-corrected chi connectivity index (χ0v) is 11.6. The Morgan fingerprint density at radius 1 is 0.824 bits per heavy atom. The molecule has 0 aliphatic rings. The van der Waals surface area contributed by atoms with E-state index >= 15 is 0 Å². The van der Waals surface area contributed by atoms with E-state index in [1.165, 1.54) is 0 Å². The summed E-state index contributed by atoms with van der Waals surface area (Å²) in [6, 6.07) is -0.761. The van der Waals surface area contributed by atoms with Crippen molar-refractivity contribution in [2.24, 2.45) is 11.8 Å². The van der Waals surface area contributed by atoms with E-state index in [0.29, 0.717) is 0 Å². The molecule has 0 rings (SSSR count). The minimum absolute atomic E-state index is 0.0589. The lowest BCUT2D eigenvalue weighted by atomic mass is 10.00. The number of nitrogens with one attached hydrogen (secondary N) is 3. The highest BCUT2D eigenvalue weighted by atomic mass is 16.2. The third-order valence-electron chi connectivity index (χ3n) is 2.75. The number of carbonyl (C=O) groups is 2. The molecule has 17 heavy (non-hydrogen) atoms. The summed E-state index contributed by atoms with van der Waals surface area (Å²) in [5, 5.41) is 8.31. The summed E-state index contributed by atoms with van der Waals surface area (Å²) in [5.41, 5.74) is 0. The van der Waals surface area contributed by atoms with Gasteiger partial charge in [-0.3, -0.25) is 9.59 Å². The van der Waals surface area contributed by atoms with E-state index in [4.69, 9.17) is 0 Å². The van der Waals surface area contributed by atoms with E-state index in [1.807, 2.05) is 27.7 Å². The van der Waals surface area contributed by atoms with E-state index in [1.54, 1.807) is 14.1 Å². The molecule has 0 aromatic rings. The van der Waals surface area contributed by atoms with Crippen LogP contribution in [0.15, 0.2) is 0 Å². The van der Waals surface area contributed by atoms with Crippen molar-refractivity contribution < 1.29 is 9.59 Å². The molecule has 0 spiro atoms. The zero-order valence-electron chi connectivity index (χ0n) is 11.6. The van der Waals surface area contributed by atoms with Crippen LogP contribution < -0.4 is 16.0 Å². The highest BCUT2D eigenvalue weighted by Gasteiger charge is 2.27. The first-order valence-corrected chi connectivity index (χ1v) is 6.04. The number of carbonyl (C=O) groups excluding carboxylic acids is 2. The maximum atomic E-state index is 12.0. The van der Waals surface area contributed by atoms with Crippen molar-refractivity contribution >= 4 is 11.8 Å². The average molecular weight is 243 g/mol. The largest absolute Gasteiger partial charge is 0.357 e. The molecule has 5 nitrogen and oxygen atoms in total. The molecule has 0 aliphatic heterocycles. The molecule has 0 bridgehead atoms. The monoisotopic (exact) mass is 243 g/mol. The van der Waals surface area contributed by atoms with E-state index in [2.05, 4.69) is 16.0 Å². The second kappa shape index (κ2) is 7.27. The molecule has 0 aromatic heterocycles. The fraction of sp³-hybridized carbons (Fsp3) is 0.833. The number of likely N-dealkylation sites (N-methyl/N-ethyl adjacent to an activating group) is 2. The third kappa shape index (κ3) is 4.73. The normalized spacial score (nSPS) is 14.6. The fourth-order valence-electron chi connectivity index (χ4n) is 1.70. The Labute approximate surface area is 104 Å². The van der Waals surface area contributed by atoms with E-state index < -0.39 is 6.04 Å². The Bertz CT molecular complexity index is 264. The van der Waals surface area contributed by atoms with E-state index in [0.717, 1.165) is 0 Å². The minimum atomic E-state index is -0.484. The van der Waals surface area contributed by atoms with Crippen LogP contribution in [-0.4, -0.2) is 38.0 Å². The molecule has 0 heterocycles. The molecular weight excluding hydrogens is 218 g/mol. The Hall–Kier alpha value is -1.10. The van der Waals surface area contributed by atoms with Gasteiger partial charge in [0.2, 0.25) is 11.8 Å². The van der Waals surface area contributed by atoms with Gasteiger partial charge in [0.1, 0.15) is 6.04 Å². The molecule has 2 amide bonds. The Morgan fingerprint density at radius 2 is 1.29 bits per heavy atom. The second-order valence-electron chi connectivity index (χ2n) is 4.85. The molecular formula is C12H25N3O2. The maximum absolute atomic E-state index is 12.0. The standard InChI is InChI=1S/C12H25N3O2/c1-7(2)9(13-5)12(17)15-10(8(3)4)11(16)14-6/h7-10,13H,1-6H3,(H,14,16)(H,15,17)/t9-,10-/m0/s1. The predicted molar refractivity (Wildman–Crippen MR) is 68.5 cm³/mol. The quantitative estimate of drug-likeness (QED) is 0.620. The molecule has 0 saturated heterocycles.